The molecule has 0 aromatic heterocycles. The lowest BCUT2D eigenvalue weighted by molar-refractivity contribution is 0.373. The molecule has 0 spiro atoms. The molecule has 0 unspecified atom stereocenters. The van der Waals surface area contributed by atoms with Crippen LogP contribution in [-0.4, -0.2) is 24.5 Å². The fraction of sp³-hybridized carbons (Fsp3) is 0.250. The van der Waals surface area contributed by atoms with Gasteiger partial charge in [-0.3, -0.25) is 0 Å². The highest BCUT2D eigenvalue weighted by Crippen LogP contribution is 2.26. The summed E-state index contributed by atoms with van der Waals surface area (Å²) in [6.07, 6.45) is 0. The highest BCUT2D eigenvalue weighted by atomic mass is 32.2. The Morgan fingerprint density at radius 1 is 1.15 bits per heavy atom. The van der Waals surface area contributed by atoms with Crippen molar-refractivity contribution in [3.8, 4) is 11.5 Å². The summed E-state index contributed by atoms with van der Waals surface area (Å²) >= 11 is 1.84. The van der Waals surface area contributed by atoms with E-state index in [4.69, 9.17) is 4.74 Å². The molecule has 0 amide bonds. The number of rotatable bonds is 7. The molecule has 0 heterocycles. The molecule has 2 rings (SSSR count). The Morgan fingerprint density at radius 3 is 2.70 bits per heavy atom. The van der Waals surface area contributed by atoms with Gasteiger partial charge in [0, 0.05) is 23.7 Å². The van der Waals surface area contributed by atoms with Gasteiger partial charge in [-0.2, -0.15) is 0 Å². The van der Waals surface area contributed by atoms with Crippen LogP contribution in [0.15, 0.2) is 53.4 Å². The zero-order valence-corrected chi connectivity index (χ0v) is 12.3. The molecule has 0 aliphatic rings. The number of phenolic OH excluding ortho intramolecular Hbond substituents is 1. The second-order valence-electron chi connectivity index (χ2n) is 4.34. The van der Waals surface area contributed by atoms with Gasteiger partial charge in [-0.15, -0.1) is 11.8 Å². The monoisotopic (exact) mass is 289 g/mol. The zero-order valence-electron chi connectivity index (χ0n) is 11.5. The minimum absolute atomic E-state index is 0.177. The minimum atomic E-state index is 0.177. The summed E-state index contributed by atoms with van der Waals surface area (Å²) in [5.74, 6) is 1.72. The van der Waals surface area contributed by atoms with E-state index in [1.165, 1.54) is 4.90 Å². The second kappa shape index (κ2) is 7.82. The van der Waals surface area contributed by atoms with Crippen LogP contribution in [0.4, 0.5) is 0 Å². The van der Waals surface area contributed by atoms with Crippen LogP contribution in [0.5, 0.6) is 11.5 Å². The average molecular weight is 289 g/mol. The van der Waals surface area contributed by atoms with E-state index in [0.717, 1.165) is 24.4 Å². The summed E-state index contributed by atoms with van der Waals surface area (Å²) < 4.78 is 5.09. The van der Waals surface area contributed by atoms with Crippen LogP contribution >= 0.6 is 11.8 Å². The lowest BCUT2D eigenvalue weighted by Gasteiger charge is -2.08. The van der Waals surface area contributed by atoms with Gasteiger partial charge in [0.15, 0.2) is 11.5 Å². The number of thioether (sulfide) groups is 1. The topological polar surface area (TPSA) is 41.5 Å². The summed E-state index contributed by atoms with van der Waals surface area (Å²) in [5, 5.41) is 12.9. The molecule has 0 saturated heterocycles. The third-order valence-electron chi connectivity index (χ3n) is 2.86. The summed E-state index contributed by atoms with van der Waals surface area (Å²) in [7, 11) is 1.56. The molecule has 0 aliphatic carbocycles. The van der Waals surface area contributed by atoms with Crippen LogP contribution in [0, 0.1) is 0 Å². The Kier molecular flexibility index (Phi) is 5.77. The van der Waals surface area contributed by atoms with Crippen molar-refractivity contribution in [3.63, 3.8) is 0 Å². The summed E-state index contributed by atoms with van der Waals surface area (Å²) in [4.78, 5) is 1.29. The van der Waals surface area contributed by atoms with Crippen LogP contribution in [-0.2, 0) is 6.54 Å². The third-order valence-corrected chi connectivity index (χ3v) is 3.88. The predicted octanol–water partition coefficient (Wildman–Crippen LogP) is 3.28. The lowest BCUT2D eigenvalue weighted by Crippen LogP contribution is -2.16. The Hall–Kier alpha value is -1.65. The van der Waals surface area contributed by atoms with Gasteiger partial charge in [-0.25, -0.2) is 0 Å². The number of phenols is 1. The van der Waals surface area contributed by atoms with E-state index < -0.39 is 0 Å². The number of hydrogen-bond donors (Lipinski definition) is 2. The molecule has 0 atom stereocenters. The summed E-state index contributed by atoms with van der Waals surface area (Å²) in [6.45, 7) is 1.70. The van der Waals surface area contributed by atoms with Gasteiger partial charge in [0.25, 0.3) is 0 Å². The smallest absolute Gasteiger partial charge is 0.160 e. The quantitative estimate of drug-likeness (QED) is 0.606. The molecule has 0 saturated carbocycles. The molecule has 106 valence electrons. The molecule has 2 N–H and O–H groups in total. The minimum Gasteiger partial charge on any atom is -0.504 e. The van der Waals surface area contributed by atoms with E-state index in [-0.39, 0.29) is 5.75 Å². The van der Waals surface area contributed by atoms with Crippen molar-refractivity contribution in [3.05, 3.63) is 54.1 Å². The number of ether oxygens (including phenoxy) is 1. The van der Waals surface area contributed by atoms with Gasteiger partial charge in [-0.1, -0.05) is 24.3 Å². The number of aromatic hydroxyl groups is 1. The normalized spacial score (nSPS) is 10.4. The van der Waals surface area contributed by atoms with Gasteiger partial charge in [-0.05, 0) is 29.8 Å². The van der Waals surface area contributed by atoms with E-state index in [0.29, 0.717) is 5.75 Å². The van der Waals surface area contributed by atoms with E-state index >= 15 is 0 Å². The summed E-state index contributed by atoms with van der Waals surface area (Å²) in [5.41, 5.74) is 1.10. The van der Waals surface area contributed by atoms with Gasteiger partial charge in [0.05, 0.1) is 7.11 Å². The average Bonchev–Trinajstić information content (AvgIpc) is 2.49. The maximum Gasteiger partial charge on any atom is 0.160 e. The first-order valence-electron chi connectivity index (χ1n) is 6.54. The number of nitrogens with one attached hydrogen (secondary N) is 1. The maximum atomic E-state index is 9.52. The van der Waals surface area contributed by atoms with Crippen molar-refractivity contribution in [1.82, 2.24) is 5.32 Å². The largest absolute Gasteiger partial charge is 0.504 e. The van der Waals surface area contributed by atoms with Crippen molar-refractivity contribution >= 4 is 11.8 Å². The molecule has 0 bridgehead atoms. The second-order valence-corrected chi connectivity index (χ2v) is 5.51. The molecule has 0 fully saturated rings. The molecule has 20 heavy (non-hydrogen) atoms. The highest BCUT2D eigenvalue weighted by Gasteiger charge is 2.02. The molecule has 2 aromatic rings. The Labute approximate surface area is 124 Å². The first-order chi connectivity index (χ1) is 9.79. The van der Waals surface area contributed by atoms with Crippen molar-refractivity contribution in [1.29, 1.82) is 0 Å². The van der Waals surface area contributed by atoms with Crippen LogP contribution in [0.1, 0.15) is 5.56 Å². The van der Waals surface area contributed by atoms with Crippen molar-refractivity contribution in [2.75, 3.05) is 19.4 Å². The molecule has 4 heteroatoms. The first-order valence-corrected chi connectivity index (χ1v) is 7.52. The van der Waals surface area contributed by atoms with Crippen LogP contribution in [0.25, 0.3) is 0 Å². The first kappa shape index (κ1) is 14.8. The molecule has 0 aliphatic heterocycles. The van der Waals surface area contributed by atoms with Crippen LogP contribution in [0.2, 0.25) is 0 Å². The van der Waals surface area contributed by atoms with Crippen molar-refractivity contribution in [2.45, 2.75) is 11.4 Å². The number of methoxy groups -OCH3 is 1. The van der Waals surface area contributed by atoms with Gasteiger partial charge in [0.1, 0.15) is 0 Å². The SMILES string of the molecule is COc1cc(CNCCSc2ccccc2)ccc1O. The van der Waals surface area contributed by atoms with E-state index in [9.17, 15) is 5.11 Å². The third kappa shape index (κ3) is 4.47. The predicted molar refractivity (Wildman–Crippen MR) is 83.5 cm³/mol. The van der Waals surface area contributed by atoms with E-state index in [2.05, 4.69) is 29.6 Å². The van der Waals surface area contributed by atoms with E-state index in [1.807, 2.05) is 30.0 Å². The molecular formula is C16H19NO2S. The molecule has 2 aromatic carbocycles. The molecule has 3 nitrogen and oxygen atoms in total. The number of hydrogen-bond acceptors (Lipinski definition) is 4. The van der Waals surface area contributed by atoms with Gasteiger partial charge >= 0.3 is 0 Å². The van der Waals surface area contributed by atoms with Crippen molar-refractivity contribution in [2.24, 2.45) is 0 Å². The summed E-state index contributed by atoms with van der Waals surface area (Å²) in [6, 6.07) is 15.8. The fourth-order valence-electron chi connectivity index (χ4n) is 1.82. The standard InChI is InChI=1S/C16H19NO2S/c1-19-16-11-13(7-8-15(16)18)12-17-9-10-20-14-5-3-2-4-6-14/h2-8,11,17-18H,9-10,12H2,1H3. The Bertz CT molecular complexity index is 531. The molecule has 0 radical (unpaired) electrons. The van der Waals surface area contributed by atoms with Gasteiger partial charge < -0.3 is 15.2 Å². The van der Waals surface area contributed by atoms with Gasteiger partial charge in [0.2, 0.25) is 0 Å². The Balaban J connectivity index is 1.71. The fourth-order valence-corrected chi connectivity index (χ4v) is 2.65. The number of benzene rings is 2. The highest BCUT2D eigenvalue weighted by molar-refractivity contribution is 7.99. The van der Waals surface area contributed by atoms with Crippen LogP contribution in [0.3, 0.4) is 0 Å². The zero-order chi connectivity index (χ0) is 14.2. The van der Waals surface area contributed by atoms with E-state index in [1.54, 1.807) is 13.2 Å². The maximum absolute atomic E-state index is 9.52. The lowest BCUT2D eigenvalue weighted by atomic mass is 10.2. The molecular weight excluding hydrogens is 270 g/mol. The van der Waals surface area contributed by atoms with Crippen LogP contribution < -0.4 is 10.1 Å². The van der Waals surface area contributed by atoms with Crippen molar-refractivity contribution < 1.29 is 9.84 Å². The Morgan fingerprint density at radius 2 is 1.95 bits per heavy atom.